The van der Waals surface area contributed by atoms with Crippen LogP contribution < -0.4 is 0 Å². The third-order valence-electron chi connectivity index (χ3n) is 10.1. The van der Waals surface area contributed by atoms with E-state index in [2.05, 4.69) is 34.9 Å². The number of rotatable bonds is 4. The molecule has 0 spiro atoms. The van der Waals surface area contributed by atoms with Crippen LogP contribution in [-0.2, 0) is 0 Å². The standard InChI is InChI=1S/C46H25N5O2/c47-26-29-25-33(46-49-44(27-13-3-1-4-14-27)48-45(50-46)28-15-5-2-6-16-28)39-31-18-8-12-22-37(31)53-43(39)42(29)51-34-20-10-7-17-30(34)40-35(51)23-24-38-41(40)32-19-9-11-21-36(32)52-38/h1-25H. The fourth-order valence-electron chi connectivity index (χ4n) is 7.81. The van der Waals surface area contributed by atoms with Crippen molar-refractivity contribution in [3.05, 3.63) is 157 Å². The molecule has 0 aliphatic heterocycles. The molecule has 7 aromatic carbocycles. The summed E-state index contributed by atoms with van der Waals surface area (Å²) in [6.07, 6.45) is 0. The van der Waals surface area contributed by atoms with Crippen molar-refractivity contribution >= 4 is 65.7 Å². The number of nitriles is 1. The van der Waals surface area contributed by atoms with Crippen LogP contribution in [0.4, 0.5) is 0 Å². The molecule has 0 saturated heterocycles. The molecule has 7 heteroatoms. The van der Waals surface area contributed by atoms with Gasteiger partial charge in [0.05, 0.1) is 16.6 Å². The van der Waals surface area contributed by atoms with Gasteiger partial charge in [-0.1, -0.05) is 115 Å². The first-order valence-electron chi connectivity index (χ1n) is 17.3. The molecule has 0 atom stereocenters. The van der Waals surface area contributed by atoms with Gasteiger partial charge in [0.15, 0.2) is 23.1 Å². The smallest absolute Gasteiger partial charge is 0.164 e. The second-order valence-electron chi connectivity index (χ2n) is 13.1. The lowest BCUT2D eigenvalue weighted by Gasteiger charge is -2.14. The van der Waals surface area contributed by atoms with Crippen molar-refractivity contribution in [2.24, 2.45) is 0 Å². The fraction of sp³-hybridized carbons (Fsp3) is 0. The van der Waals surface area contributed by atoms with Gasteiger partial charge < -0.3 is 13.4 Å². The second kappa shape index (κ2) is 11.2. The molecular formula is C46H25N5O2. The molecule has 0 N–H and O–H groups in total. The molecule has 0 aliphatic carbocycles. The first-order chi connectivity index (χ1) is 26.2. The zero-order valence-electron chi connectivity index (χ0n) is 28.0. The molecular weight excluding hydrogens is 655 g/mol. The molecule has 11 aromatic rings. The number of nitrogens with zero attached hydrogens (tertiary/aromatic N) is 5. The van der Waals surface area contributed by atoms with Gasteiger partial charge in [-0.15, -0.1) is 0 Å². The van der Waals surface area contributed by atoms with Crippen molar-refractivity contribution in [2.45, 2.75) is 0 Å². The van der Waals surface area contributed by atoms with E-state index in [1.807, 2.05) is 127 Å². The minimum atomic E-state index is 0.425. The van der Waals surface area contributed by atoms with Crippen molar-refractivity contribution in [3.8, 4) is 45.9 Å². The van der Waals surface area contributed by atoms with Gasteiger partial charge in [0.1, 0.15) is 28.5 Å². The van der Waals surface area contributed by atoms with E-state index in [0.717, 1.165) is 65.6 Å². The van der Waals surface area contributed by atoms with Crippen LogP contribution in [0.2, 0.25) is 0 Å². The van der Waals surface area contributed by atoms with Crippen LogP contribution in [0.25, 0.3) is 106 Å². The average molecular weight is 680 g/mol. The summed E-state index contributed by atoms with van der Waals surface area (Å²) in [4.78, 5) is 15.1. The lowest BCUT2D eigenvalue weighted by molar-refractivity contribution is 0.666. The highest BCUT2D eigenvalue weighted by molar-refractivity contribution is 6.28. The Hall–Kier alpha value is -7.56. The van der Waals surface area contributed by atoms with Gasteiger partial charge in [-0.2, -0.15) is 5.26 Å². The van der Waals surface area contributed by atoms with Crippen molar-refractivity contribution in [2.75, 3.05) is 0 Å². The molecule has 246 valence electrons. The Kier molecular flexibility index (Phi) is 6.18. The molecule has 0 amide bonds. The van der Waals surface area contributed by atoms with E-state index in [1.54, 1.807) is 0 Å². The van der Waals surface area contributed by atoms with E-state index in [1.165, 1.54) is 0 Å². The molecule has 0 fully saturated rings. The number of furan rings is 2. The summed E-state index contributed by atoms with van der Waals surface area (Å²) in [5.74, 6) is 1.53. The number of hydrogen-bond acceptors (Lipinski definition) is 6. The summed E-state index contributed by atoms with van der Waals surface area (Å²) >= 11 is 0. The quantitative estimate of drug-likeness (QED) is 0.184. The van der Waals surface area contributed by atoms with E-state index in [4.69, 9.17) is 23.8 Å². The minimum Gasteiger partial charge on any atom is -0.456 e. The topological polar surface area (TPSA) is 93.7 Å². The van der Waals surface area contributed by atoms with Gasteiger partial charge in [-0.05, 0) is 36.4 Å². The number of fused-ring (bicyclic) bond motifs is 10. The van der Waals surface area contributed by atoms with Crippen LogP contribution in [0.15, 0.2) is 160 Å². The average Bonchev–Trinajstić information content (AvgIpc) is 3.90. The molecule has 11 rings (SSSR count). The molecule has 0 aliphatic rings. The molecule has 0 unspecified atom stereocenters. The van der Waals surface area contributed by atoms with Gasteiger partial charge >= 0.3 is 0 Å². The van der Waals surface area contributed by atoms with Crippen molar-refractivity contribution in [1.29, 1.82) is 5.26 Å². The molecule has 7 nitrogen and oxygen atoms in total. The number of aromatic nitrogens is 4. The zero-order chi connectivity index (χ0) is 35.0. The van der Waals surface area contributed by atoms with Crippen molar-refractivity contribution in [3.63, 3.8) is 0 Å². The monoisotopic (exact) mass is 679 g/mol. The maximum atomic E-state index is 11.0. The Morgan fingerprint density at radius 3 is 1.72 bits per heavy atom. The SMILES string of the molecule is N#Cc1cc(-c2nc(-c3ccccc3)nc(-c3ccccc3)n2)c2c(oc3ccccc32)c1-n1c2ccccc2c2c3c(ccc21)oc1ccccc13. The van der Waals surface area contributed by atoms with Crippen LogP contribution in [0.1, 0.15) is 5.56 Å². The van der Waals surface area contributed by atoms with E-state index in [9.17, 15) is 5.26 Å². The Labute approximate surface area is 301 Å². The molecule has 4 heterocycles. The number of para-hydroxylation sites is 3. The molecule has 53 heavy (non-hydrogen) atoms. The number of hydrogen-bond donors (Lipinski definition) is 0. The van der Waals surface area contributed by atoms with Gasteiger partial charge in [0, 0.05) is 49.0 Å². The summed E-state index contributed by atoms with van der Waals surface area (Å²) in [5.41, 5.74) is 8.29. The Balaban J connectivity index is 1.28. The van der Waals surface area contributed by atoms with Crippen molar-refractivity contribution < 1.29 is 8.83 Å². The Morgan fingerprint density at radius 1 is 0.472 bits per heavy atom. The van der Waals surface area contributed by atoms with Gasteiger partial charge in [-0.25, -0.2) is 15.0 Å². The minimum absolute atomic E-state index is 0.425. The van der Waals surface area contributed by atoms with Crippen LogP contribution in [0, 0.1) is 11.3 Å². The highest BCUT2D eigenvalue weighted by Gasteiger charge is 2.27. The normalized spacial score (nSPS) is 11.8. The van der Waals surface area contributed by atoms with Crippen LogP contribution >= 0.6 is 0 Å². The predicted molar refractivity (Wildman–Crippen MR) is 210 cm³/mol. The first kappa shape index (κ1) is 29.2. The summed E-state index contributed by atoms with van der Waals surface area (Å²) in [7, 11) is 0. The highest BCUT2D eigenvalue weighted by atomic mass is 16.3. The van der Waals surface area contributed by atoms with E-state index < -0.39 is 0 Å². The predicted octanol–water partition coefficient (Wildman–Crippen LogP) is 11.6. The summed E-state index contributed by atoms with van der Waals surface area (Å²) in [5, 5.41) is 16.9. The maximum Gasteiger partial charge on any atom is 0.164 e. The van der Waals surface area contributed by atoms with Gasteiger partial charge in [0.2, 0.25) is 0 Å². The number of benzene rings is 7. The zero-order valence-corrected chi connectivity index (χ0v) is 28.0. The van der Waals surface area contributed by atoms with Crippen molar-refractivity contribution in [1.82, 2.24) is 19.5 Å². The van der Waals surface area contributed by atoms with E-state index >= 15 is 0 Å². The molecule has 0 radical (unpaired) electrons. The largest absolute Gasteiger partial charge is 0.456 e. The lowest BCUT2D eigenvalue weighted by atomic mass is 10.00. The first-order valence-corrected chi connectivity index (χ1v) is 17.3. The Bertz CT molecular complexity index is 3240. The summed E-state index contributed by atoms with van der Waals surface area (Å²) in [6.45, 7) is 0. The Morgan fingerprint density at radius 2 is 1.04 bits per heavy atom. The van der Waals surface area contributed by atoms with E-state index in [0.29, 0.717) is 45.5 Å². The summed E-state index contributed by atoms with van der Waals surface area (Å²) in [6, 6.07) is 52.7. The third-order valence-corrected chi connectivity index (χ3v) is 10.1. The van der Waals surface area contributed by atoms with Gasteiger partial charge in [-0.3, -0.25) is 0 Å². The van der Waals surface area contributed by atoms with Crippen LogP contribution in [-0.4, -0.2) is 19.5 Å². The fourth-order valence-corrected chi connectivity index (χ4v) is 7.81. The molecule has 0 bridgehead atoms. The maximum absolute atomic E-state index is 11.0. The summed E-state index contributed by atoms with van der Waals surface area (Å²) < 4.78 is 15.3. The van der Waals surface area contributed by atoms with Crippen LogP contribution in [0.5, 0.6) is 0 Å². The lowest BCUT2D eigenvalue weighted by Crippen LogP contribution is -2.03. The van der Waals surface area contributed by atoms with Gasteiger partial charge in [0.25, 0.3) is 0 Å². The van der Waals surface area contributed by atoms with E-state index in [-0.39, 0.29) is 0 Å². The van der Waals surface area contributed by atoms with Crippen LogP contribution in [0.3, 0.4) is 0 Å². The molecule has 0 saturated carbocycles. The highest BCUT2D eigenvalue weighted by Crippen LogP contribution is 2.46. The molecule has 4 aromatic heterocycles. The third kappa shape index (κ3) is 4.30. The second-order valence-corrected chi connectivity index (χ2v) is 13.1.